The van der Waals surface area contributed by atoms with Crippen molar-refractivity contribution in [2.24, 2.45) is 0 Å². The number of fused-ring (bicyclic) bond motifs is 2. The molecule has 0 saturated heterocycles. The standard InChI is InChI=1S/C109H70N12S/c1-9-33-71(34-10-1)97-110-98(72-35-11-2-12-36-72)115-105(114-97)83-53-29-49-79(61-83)87-65-88(80-50-30-54-84(62-80)106-116-99(73-37-13-3-14-38-73)111-100(117-106)74-39-15-4-16-40-74)68-91(67-87)109(93-57-25-27-59-95(93)122-96-60-28-26-58-94(96)109)92-69-89(81-51-31-55-85(63-81)107-118-101(75-41-17-5-18-42-75)112-102(119-107)76-43-19-6-20-44-76)66-90(70-92)82-52-32-56-86(64-82)108-120-103(77-45-21-7-22-46-77)113-104(121-108)78-47-23-8-24-48-78/h1-70H. The van der Waals surface area contributed by atoms with Crippen molar-refractivity contribution >= 4 is 11.8 Å². The number of aromatic nitrogens is 12. The highest BCUT2D eigenvalue weighted by atomic mass is 32.2. The molecule has 20 aromatic rings. The lowest BCUT2D eigenvalue weighted by atomic mass is 9.63. The van der Waals surface area contributed by atoms with Crippen LogP contribution in [0.25, 0.3) is 181 Å². The highest BCUT2D eigenvalue weighted by Crippen LogP contribution is 2.58. The molecule has 0 atom stereocenters. The van der Waals surface area contributed by atoms with E-state index in [1.807, 2.05) is 243 Å². The van der Waals surface area contributed by atoms with Gasteiger partial charge < -0.3 is 0 Å². The van der Waals surface area contributed by atoms with Gasteiger partial charge in [0.25, 0.3) is 0 Å². The molecular weight excluding hydrogens is 1510 g/mol. The van der Waals surface area contributed by atoms with Crippen molar-refractivity contribution in [2.45, 2.75) is 15.2 Å². The van der Waals surface area contributed by atoms with Gasteiger partial charge in [0.15, 0.2) is 69.9 Å². The van der Waals surface area contributed by atoms with Crippen LogP contribution < -0.4 is 0 Å². The number of hydrogen-bond acceptors (Lipinski definition) is 13. The molecule has 1 aliphatic heterocycles. The maximum Gasteiger partial charge on any atom is 0.164 e. The molecule has 0 bridgehead atoms. The van der Waals surface area contributed by atoms with E-state index in [4.69, 9.17) is 59.8 Å². The van der Waals surface area contributed by atoms with Crippen molar-refractivity contribution in [1.82, 2.24) is 59.8 Å². The molecule has 0 unspecified atom stereocenters. The summed E-state index contributed by atoms with van der Waals surface area (Å²) < 4.78 is 0. The van der Waals surface area contributed by atoms with Crippen LogP contribution in [-0.4, -0.2) is 59.8 Å². The van der Waals surface area contributed by atoms with E-state index in [2.05, 4.69) is 182 Å². The summed E-state index contributed by atoms with van der Waals surface area (Å²) in [6.45, 7) is 0. The molecule has 12 nitrogen and oxygen atoms in total. The summed E-state index contributed by atoms with van der Waals surface area (Å²) in [5.74, 6) is 6.75. The van der Waals surface area contributed by atoms with Gasteiger partial charge in [0, 0.05) is 76.6 Å². The minimum atomic E-state index is -1.09. The van der Waals surface area contributed by atoms with E-state index in [1.54, 1.807) is 11.8 Å². The minimum Gasteiger partial charge on any atom is -0.208 e. The van der Waals surface area contributed by atoms with Crippen molar-refractivity contribution in [1.29, 1.82) is 0 Å². The predicted octanol–water partition coefficient (Wildman–Crippen LogP) is 25.9. The van der Waals surface area contributed by atoms with Gasteiger partial charge in [-0.2, -0.15) is 0 Å². The molecule has 4 aromatic heterocycles. The van der Waals surface area contributed by atoms with Crippen LogP contribution in [0.15, 0.2) is 434 Å². The Morgan fingerprint density at radius 1 is 0.131 bits per heavy atom. The summed E-state index contributed by atoms with van der Waals surface area (Å²) in [6, 6.07) is 148. The fourth-order valence-electron chi connectivity index (χ4n) is 16.2. The molecule has 0 radical (unpaired) electrons. The zero-order valence-corrected chi connectivity index (χ0v) is 66.5. The first-order valence-electron chi connectivity index (χ1n) is 40.5. The van der Waals surface area contributed by atoms with E-state index < -0.39 is 5.41 Å². The van der Waals surface area contributed by atoms with Gasteiger partial charge in [-0.1, -0.05) is 364 Å². The lowest BCUT2D eigenvalue weighted by Crippen LogP contribution is -2.34. The van der Waals surface area contributed by atoms with E-state index >= 15 is 0 Å². The zero-order valence-electron chi connectivity index (χ0n) is 65.7. The van der Waals surface area contributed by atoms with Gasteiger partial charge in [-0.05, 0) is 140 Å². The Morgan fingerprint density at radius 3 is 0.492 bits per heavy atom. The first-order valence-corrected chi connectivity index (χ1v) is 41.3. The average Bonchev–Trinajstić information content (AvgIpc) is 0.698. The lowest BCUT2D eigenvalue weighted by molar-refractivity contribution is 0.704. The van der Waals surface area contributed by atoms with Crippen molar-refractivity contribution < 1.29 is 0 Å². The highest BCUT2D eigenvalue weighted by molar-refractivity contribution is 7.99. The fourth-order valence-corrected chi connectivity index (χ4v) is 17.4. The van der Waals surface area contributed by atoms with E-state index in [1.165, 1.54) is 0 Å². The van der Waals surface area contributed by atoms with Crippen molar-refractivity contribution in [2.75, 3.05) is 0 Å². The Kier molecular flexibility index (Phi) is 19.5. The predicted molar refractivity (Wildman–Crippen MR) is 489 cm³/mol. The molecule has 0 saturated carbocycles. The smallest absolute Gasteiger partial charge is 0.164 e. The molecule has 1 aliphatic rings. The van der Waals surface area contributed by atoms with Crippen molar-refractivity contribution in [3.05, 3.63) is 447 Å². The highest BCUT2D eigenvalue weighted by Gasteiger charge is 2.45. The summed E-state index contributed by atoms with van der Waals surface area (Å²) in [6.07, 6.45) is 0. The number of benzene rings is 16. The zero-order chi connectivity index (χ0) is 81.1. The van der Waals surface area contributed by atoms with Crippen LogP contribution in [0.4, 0.5) is 0 Å². The Morgan fingerprint density at radius 2 is 0.287 bits per heavy atom. The third-order valence-electron chi connectivity index (χ3n) is 22.1. The molecule has 16 aromatic carbocycles. The molecule has 0 fully saturated rings. The second-order valence-corrected chi connectivity index (χ2v) is 31.0. The summed E-state index contributed by atoms with van der Waals surface area (Å²) in [5.41, 5.74) is 21.1. The first kappa shape index (κ1) is 73.5. The van der Waals surface area contributed by atoms with E-state index in [0.717, 1.165) is 143 Å². The lowest BCUT2D eigenvalue weighted by Gasteiger charge is -2.42. The van der Waals surface area contributed by atoms with Crippen LogP contribution in [0.3, 0.4) is 0 Å². The SMILES string of the molecule is c1ccc(-c2nc(-c3ccccc3)nc(-c3cccc(-c4cc(-c5cccc(-c6nc(-c7ccccc7)nc(-c7ccccc7)n6)c5)cc(C5(c6cc(-c7cccc(-c8nc(-c9ccccc9)nc(-c9ccccc9)n8)c7)cc(-c7cccc(-c8nc(-c9ccccc9)nc(-c9ccccc9)n8)c7)c6)c6ccccc6Sc6ccccc65)c4)c3)n2)cc1. The van der Waals surface area contributed by atoms with Crippen LogP contribution in [-0.2, 0) is 5.41 Å². The first-order chi connectivity index (χ1) is 60.4. The Balaban J connectivity index is 0.822. The molecule has 13 heteroatoms. The number of nitrogens with zero attached hydrogens (tertiary/aromatic N) is 12. The van der Waals surface area contributed by atoms with Gasteiger partial charge >= 0.3 is 0 Å². The molecule has 21 rings (SSSR count). The molecule has 0 spiro atoms. The second-order valence-electron chi connectivity index (χ2n) is 29.9. The van der Waals surface area contributed by atoms with E-state index in [9.17, 15) is 0 Å². The summed E-state index contributed by atoms with van der Waals surface area (Å²) in [5, 5.41) is 0. The van der Waals surface area contributed by atoms with E-state index in [0.29, 0.717) is 69.9 Å². The maximum atomic E-state index is 5.30. The average molecular weight is 1580 g/mol. The fraction of sp³-hybridized carbons (Fsp3) is 0.00917. The molecule has 5 heterocycles. The summed E-state index contributed by atoms with van der Waals surface area (Å²) >= 11 is 1.79. The monoisotopic (exact) mass is 1580 g/mol. The number of hydrogen-bond donors (Lipinski definition) is 0. The van der Waals surface area contributed by atoms with E-state index in [-0.39, 0.29) is 0 Å². The van der Waals surface area contributed by atoms with Crippen LogP contribution in [0.5, 0.6) is 0 Å². The van der Waals surface area contributed by atoms with Crippen LogP contribution >= 0.6 is 11.8 Å². The Bertz CT molecular complexity index is 6230. The minimum absolute atomic E-state index is 0.541. The Hall–Kier alpha value is -16.1. The normalized spacial score (nSPS) is 12.0. The van der Waals surface area contributed by atoms with Gasteiger partial charge in [0.05, 0.1) is 5.41 Å². The maximum absolute atomic E-state index is 5.30. The van der Waals surface area contributed by atoms with Crippen molar-refractivity contribution in [3.63, 3.8) is 0 Å². The molecule has 0 N–H and O–H groups in total. The van der Waals surface area contributed by atoms with Crippen LogP contribution in [0, 0.1) is 0 Å². The molecular formula is C109H70N12S. The molecule has 122 heavy (non-hydrogen) atoms. The van der Waals surface area contributed by atoms with Crippen LogP contribution in [0.1, 0.15) is 22.3 Å². The second kappa shape index (κ2) is 32.4. The third-order valence-corrected chi connectivity index (χ3v) is 23.3. The van der Waals surface area contributed by atoms with Crippen molar-refractivity contribution in [3.8, 4) is 181 Å². The van der Waals surface area contributed by atoms with Gasteiger partial charge in [0.1, 0.15) is 0 Å². The quantitative estimate of drug-likeness (QED) is 0.0801. The topological polar surface area (TPSA) is 155 Å². The summed E-state index contributed by atoms with van der Waals surface area (Å²) in [7, 11) is 0. The van der Waals surface area contributed by atoms with Gasteiger partial charge in [-0.25, -0.2) is 59.8 Å². The largest absolute Gasteiger partial charge is 0.208 e. The molecule has 0 aliphatic carbocycles. The Labute approximate surface area is 710 Å². The number of rotatable bonds is 18. The van der Waals surface area contributed by atoms with Gasteiger partial charge in [0.2, 0.25) is 0 Å². The van der Waals surface area contributed by atoms with Crippen LogP contribution in [0.2, 0.25) is 0 Å². The van der Waals surface area contributed by atoms with Gasteiger partial charge in [-0.3, -0.25) is 0 Å². The van der Waals surface area contributed by atoms with Gasteiger partial charge in [-0.15, -0.1) is 0 Å². The molecule has 572 valence electrons. The molecule has 0 amide bonds. The summed E-state index contributed by atoms with van der Waals surface area (Å²) in [4.78, 5) is 65.1. The third kappa shape index (κ3) is 14.7.